The van der Waals surface area contributed by atoms with Gasteiger partial charge in [0.05, 0.1) is 5.92 Å². The van der Waals surface area contributed by atoms with Gasteiger partial charge in [-0.25, -0.2) is 0 Å². The third kappa shape index (κ3) is 3.19. The highest BCUT2D eigenvalue weighted by Crippen LogP contribution is 2.26. The van der Waals surface area contributed by atoms with Gasteiger partial charge >= 0.3 is 0 Å². The molecule has 0 spiro atoms. The van der Waals surface area contributed by atoms with Crippen molar-refractivity contribution in [1.29, 1.82) is 0 Å². The minimum atomic E-state index is -0.113. The molecule has 1 aromatic carbocycles. The van der Waals surface area contributed by atoms with Gasteiger partial charge in [-0.05, 0) is 11.6 Å². The van der Waals surface area contributed by atoms with Crippen LogP contribution in [0.3, 0.4) is 0 Å². The zero-order chi connectivity index (χ0) is 13.5. The number of pyridine rings is 1. The topological polar surface area (TPSA) is 13.1 Å². The fourth-order valence-corrected chi connectivity index (χ4v) is 2.18. The molecule has 0 aliphatic heterocycles. The highest BCUT2D eigenvalue weighted by atomic mass is 16.5. The van der Waals surface area contributed by atoms with Crippen LogP contribution >= 0.6 is 0 Å². The first kappa shape index (κ1) is 13.3. The summed E-state index contributed by atoms with van der Waals surface area (Å²) in [6, 6.07) is 16.2. The SMILES string of the molecule is C=C=CC(c1ccccc1)C(OC)[n+]1ccccc1. The van der Waals surface area contributed by atoms with Crippen LogP contribution in [0.1, 0.15) is 17.7 Å². The molecule has 0 aliphatic rings. The van der Waals surface area contributed by atoms with Crippen molar-refractivity contribution in [2.24, 2.45) is 0 Å². The summed E-state index contributed by atoms with van der Waals surface area (Å²) in [5.41, 5.74) is 4.06. The molecule has 19 heavy (non-hydrogen) atoms. The molecule has 0 saturated heterocycles. The molecular weight excluding hydrogens is 234 g/mol. The van der Waals surface area contributed by atoms with Gasteiger partial charge in [0.25, 0.3) is 6.23 Å². The smallest absolute Gasteiger partial charge is 0.273 e. The van der Waals surface area contributed by atoms with E-state index < -0.39 is 0 Å². The van der Waals surface area contributed by atoms with Crippen LogP contribution in [0.4, 0.5) is 0 Å². The minimum absolute atomic E-state index is 0.0797. The molecular formula is C17H18NO+. The summed E-state index contributed by atoms with van der Waals surface area (Å²) >= 11 is 0. The summed E-state index contributed by atoms with van der Waals surface area (Å²) in [6.07, 6.45) is 5.84. The van der Waals surface area contributed by atoms with E-state index in [2.05, 4.69) is 24.4 Å². The molecule has 1 aromatic heterocycles. The Kier molecular flexibility index (Phi) is 4.68. The maximum Gasteiger partial charge on any atom is 0.273 e. The summed E-state index contributed by atoms with van der Waals surface area (Å²) in [5.74, 6) is 0.0797. The highest BCUT2D eigenvalue weighted by Gasteiger charge is 2.28. The number of nitrogens with zero attached hydrogens (tertiary/aromatic N) is 1. The maximum atomic E-state index is 5.67. The van der Waals surface area contributed by atoms with Crippen LogP contribution < -0.4 is 4.57 Å². The maximum absolute atomic E-state index is 5.67. The Labute approximate surface area is 114 Å². The monoisotopic (exact) mass is 252 g/mol. The molecule has 0 radical (unpaired) electrons. The Morgan fingerprint density at radius 3 is 2.32 bits per heavy atom. The van der Waals surface area contributed by atoms with E-state index in [1.54, 1.807) is 7.11 Å². The molecule has 2 aromatic rings. The van der Waals surface area contributed by atoms with Gasteiger partial charge in [0.1, 0.15) is 0 Å². The number of benzene rings is 1. The standard InChI is InChI=1S/C17H18NO/c1-3-10-16(15-11-6-4-7-12-15)17(19-2)18-13-8-5-9-14-18/h4-14,16-17H,1H2,2H3/q+1. The highest BCUT2D eigenvalue weighted by molar-refractivity contribution is 5.23. The Morgan fingerprint density at radius 1 is 1.11 bits per heavy atom. The van der Waals surface area contributed by atoms with Crippen LogP contribution in [0.25, 0.3) is 0 Å². The predicted octanol–water partition coefficient (Wildman–Crippen LogP) is 3.24. The second kappa shape index (κ2) is 6.69. The Morgan fingerprint density at radius 2 is 1.74 bits per heavy atom. The first-order chi connectivity index (χ1) is 9.36. The van der Waals surface area contributed by atoms with Gasteiger partial charge in [-0.3, -0.25) is 0 Å². The first-order valence-corrected chi connectivity index (χ1v) is 6.26. The molecule has 0 amide bonds. The summed E-state index contributed by atoms with van der Waals surface area (Å²) in [5, 5.41) is 0. The van der Waals surface area contributed by atoms with Crippen LogP contribution in [0.2, 0.25) is 0 Å². The van der Waals surface area contributed by atoms with E-state index in [0.29, 0.717) is 0 Å². The average Bonchev–Trinajstić information content (AvgIpc) is 2.49. The van der Waals surface area contributed by atoms with Gasteiger partial charge in [0.15, 0.2) is 12.4 Å². The number of hydrogen-bond donors (Lipinski definition) is 0. The molecule has 2 nitrogen and oxygen atoms in total. The van der Waals surface area contributed by atoms with Crippen LogP contribution in [0.5, 0.6) is 0 Å². The van der Waals surface area contributed by atoms with E-state index in [1.165, 1.54) is 5.56 Å². The molecule has 0 N–H and O–H groups in total. The van der Waals surface area contributed by atoms with Crippen molar-refractivity contribution >= 4 is 0 Å². The third-order valence-electron chi connectivity index (χ3n) is 3.06. The van der Waals surface area contributed by atoms with Gasteiger partial charge in [-0.15, -0.1) is 5.73 Å². The second-order valence-corrected chi connectivity index (χ2v) is 4.26. The number of hydrogen-bond acceptors (Lipinski definition) is 1. The third-order valence-corrected chi connectivity index (χ3v) is 3.06. The molecule has 0 fully saturated rings. The largest absolute Gasteiger partial charge is 0.324 e. The van der Waals surface area contributed by atoms with Gasteiger partial charge in [0, 0.05) is 19.2 Å². The van der Waals surface area contributed by atoms with Crippen LogP contribution in [-0.4, -0.2) is 7.11 Å². The summed E-state index contributed by atoms with van der Waals surface area (Å²) in [4.78, 5) is 0. The Bertz CT molecular complexity index is 544. The van der Waals surface area contributed by atoms with E-state index >= 15 is 0 Å². The molecule has 2 heteroatoms. The quantitative estimate of drug-likeness (QED) is 0.588. The van der Waals surface area contributed by atoms with Gasteiger partial charge in [-0.2, -0.15) is 4.57 Å². The molecule has 1 heterocycles. The lowest BCUT2D eigenvalue weighted by Gasteiger charge is -2.18. The van der Waals surface area contributed by atoms with Crippen molar-refractivity contribution in [2.45, 2.75) is 12.1 Å². The predicted molar refractivity (Wildman–Crippen MR) is 75.6 cm³/mol. The lowest BCUT2D eigenvalue weighted by atomic mass is 9.97. The zero-order valence-corrected chi connectivity index (χ0v) is 11.1. The lowest BCUT2D eigenvalue weighted by Crippen LogP contribution is -2.42. The first-order valence-electron chi connectivity index (χ1n) is 6.26. The second-order valence-electron chi connectivity index (χ2n) is 4.26. The number of ether oxygens (including phenoxy) is 1. The molecule has 0 aliphatic carbocycles. The number of methoxy groups -OCH3 is 1. The van der Waals surface area contributed by atoms with Crippen molar-refractivity contribution in [3.8, 4) is 0 Å². The number of rotatable bonds is 5. The van der Waals surface area contributed by atoms with Gasteiger partial charge in [-0.1, -0.05) is 43.0 Å². The summed E-state index contributed by atoms with van der Waals surface area (Å²) in [7, 11) is 1.72. The lowest BCUT2D eigenvalue weighted by molar-refractivity contribution is -0.763. The molecule has 2 atom stereocenters. The van der Waals surface area contributed by atoms with Gasteiger partial charge in [0.2, 0.25) is 0 Å². The van der Waals surface area contributed by atoms with Crippen molar-refractivity contribution in [3.05, 3.63) is 84.9 Å². The fourth-order valence-electron chi connectivity index (χ4n) is 2.18. The van der Waals surface area contributed by atoms with E-state index in [4.69, 9.17) is 4.74 Å². The van der Waals surface area contributed by atoms with Crippen molar-refractivity contribution < 1.29 is 9.30 Å². The van der Waals surface area contributed by atoms with E-state index in [0.717, 1.165) is 0 Å². The Hall–Kier alpha value is -2.15. The average molecular weight is 252 g/mol. The summed E-state index contributed by atoms with van der Waals surface area (Å²) < 4.78 is 7.72. The van der Waals surface area contributed by atoms with E-state index in [9.17, 15) is 0 Å². The van der Waals surface area contributed by atoms with Crippen LogP contribution in [0, 0.1) is 0 Å². The fraction of sp³-hybridized carbons (Fsp3) is 0.176. The van der Waals surface area contributed by atoms with Crippen molar-refractivity contribution in [3.63, 3.8) is 0 Å². The minimum Gasteiger partial charge on any atom is -0.324 e. The molecule has 96 valence electrons. The zero-order valence-electron chi connectivity index (χ0n) is 11.1. The summed E-state index contributed by atoms with van der Waals surface area (Å²) in [6.45, 7) is 3.69. The van der Waals surface area contributed by atoms with E-state index in [-0.39, 0.29) is 12.1 Å². The van der Waals surface area contributed by atoms with Crippen LogP contribution in [-0.2, 0) is 4.74 Å². The van der Waals surface area contributed by atoms with Gasteiger partial charge < -0.3 is 4.74 Å². The van der Waals surface area contributed by atoms with Crippen molar-refractivity contribution in [2.75, 3.05) is 7.11 Å². The molecule has 0 bridgehead atoms. The normalized spacial score (nSPS) is 13.3. The van der Waals surface area contributed by atoms with Crippen molar-refractivity contribution in [1.82, 2.24) is 0 Å². The molecule has 2 unspecified atom stereocenters. The Balaban J connectivity index is 2.40. The molecule has 2 rings (SSSR count). The molecule has 0 saturated carbocycles. The van der Waals surface area contributed by atoms with Crippen LogP contribution in [0.15, 0.2) is 79.3 Å². The van der Waals surface area contributed by atoms with E-state index in [1.807, 2.05) is 59.4 Å². The number of aromatic nitrogens is 1.